The van der Waals surface area contributed by atoms with Crippen LogP contribution >= 0.6 is 0 Å². The number of carbonyl (C=O) groups excluding carboxylic acids is 2. The molecule has 5 heterocycles. The Kier molecular flexibility index (Phi) is 6.87. The maximum absolute atomic E-state index is 12.8. The zero-order valence-corrected chi connectivity index (χ0v) is 25.4. The van der Waals surface area contributed by atoms with Crippen LogP contribution in [-0.4, -0.2) is 113 Å². The molecule has 232 valence electrons. The SMILES string of the molecule is CC(O)C1C(=O)N2C(C(=O)O)=C(COc3cccc4c3-c3ccccc3C4CC[N+]34CC[N+](CC(N)=O)(CC3)CC4)[C@H](C)C12. The molecule has 1 aliphatic carbocycles. The first-order valence-electron chi connectivity index (χ1n) is 15.9. The lowest BCUT2D eigenvalue weighted by Gasteiger charge is -2.55. The molecule has 2 aromatic carbocycles. The molecule has 4 N–H and O–H groups in total. The second-order valence-electron chi connectivity index (χ2n) is 13.7. The van der Waals surface area contributed by atoms with Crippen LogP contribution in [0.5, 0.6) is 5.75 Å². The van der Waals surface area contributed by atoms with Gasteiger partial charge in [-0.1, -0.05) is 43.3 Å². The molecule has 10 nitrogen and oxygen atoms in total. The Hall–Kier alpha value is -3.73. The molecule has 2 bridgehead atoms. The van der Waals surface area contributed by atoms with Crippen molar-refractivity contribution >= 4 is 17.8 Å². The van der Waals surface area contributed by atoms with Gasteiger partial charge in [-0.2, -0.15) is 0 Å². The minimum Gasteiger partial charge on any atom is -0.488 e. The predicted molar refractivity (Wildman–Crippen MR) is 162 cm³/mol. The van der Waals surface area contributed by atoms with E-state index < -0.39 is 18.0 Å². The van der Waals surface area contributed by atoms with E-state index in [0.29, 0.717) is 17.9 Å². The summed E-state index contributed by atoms with van der Waals surface area (Å²) < 4.78 is 8.40. The van der Waals surface area contributed by atoms with Gasteiger partial charge in [-0.3, -0.25) is 9.59 Å². The fourth-order valence-electron chi connectivity index (χ4n) is 8.99. The highest BCUT2D eigenvalue weighted by Crippen LogP contribution is 2.52. The highest BCUT2D eigenvalue weighted by molar-refractivity contribution is 6.00. The van der Waals surface area contributed by atoms with Gasteiger partial charge >= 0.3 is 5.97 Å². The Bertz CT molecular complexity index is 1560. The Morgan fingerprint density at radius 3 is 2.34 bits per heavy atom. The van der Waals surface area contributed by atoms with Crippen LogP contribution in [0.4, 0.5) is 0 Å². The van der Waals surface area contributed by atoms with Crippen molar-refractivity contribution in [3.8, 4) is 16.9 Å². The van der Waals surface area contributed by atoms with E-state index in [4.69, 9.17) is 10.5 Å². The van der Waals surface area contributed by atoms with Crippen molar-refractivity contribution in [1.29, 1.82) is 0 Å². The first-order chi connectivity index (χ1) is 21.0. The molecule has 4 saturated heterocycles. The van der Waals surface area contributed by atoms with Gasteiger partial charge in [0.1, 0.15) is 57.3 Å². The fourth-order valence-corrected chi connectivity index (χ4v) is 8.99. The number of hydrogen-bond acceptors (Lipinski definition) is 5. The van der Waals surface area contributed by atoms with Crippen molar-refractivity contribution in [3.05, 3.63) is 64.9 Å². The van der Waals surface area contributed by atoms with Crippen molar-refractivity contribution in [3.63, 3.8) is 0 Å². The van der Waals surface area contributed by atoms with Gasteiger partial charge in [0.2, 0.25) is 5.91 Å². The van der Waals surface area contributed by atoms with Crippen LogP contribution in [0.3, 0.4) is 0 Å². The summed E-state index contributed by atoms with van der Waals surface area (Å²) >= 11 is 0. The number of β-lactam (4-membered cyclic amide) rings is 1. The summed E-state index contributed by atoms with van der Waals surface area (Å²) in [5.41, 5.74) is 10.9. The Balaban J connectivity index is 1.12. The molecule has 2 amide bonds. The van der Waals surface area contributed by atoms with E-state index in [1.54, 1.807) is 6.92 Å². The number of quaternary nitrogens is 2. The average molecular weight is 603 g/mol. The number of aliphatic hydroxyl groups is 1. The lowest BCUT2D eigenvalue weighted by atomic mass is 9.78. The topological polar surface area (TPSA) is 130 Å². The van der Waals surface area contributed by atoms with Gasteiger partial charge in [-0.05, 0) is 29.7 Å². The van der Waals surface area contributed by atoms with Crippen LogP contribution in [0.1, 0.15) is 37.3 Å². The van der Waals surface area contributed by atoms with E-state index in [0.717, 1.165) is 72.3 Å². The summed E-state index contributed by atoms with van der Waals surface area (Å²) in [4.78, 5) is 38.1. The summed E-state index contributed by atoms with van der Waals surface area (Å²) in [6, 6.07) is 14.3. The van der Waals surface area contributed by atoms with E-state index in [-0.39, 0.29) is 42.0 Å². The number of ether oxygens (including phenoxy) is 1. The normalized spacial score (nSPS) is 32.2. The van der Waals surface area contributed by atoms with Gasteiger partial charge in [0.25, 0.3) is 5.91 Å². The number of carbonyl (C=O) groups is 3. The van der Waals surface area contributed by atoms with Gasteiger partial charge in [-0.25, -0.2) is 4.79 Å². The van der Waals surface area contributed by atoms with Crippen LogP contribution in [0, 0.1) is 11.8 Å². The summed E-state index contributed by atoms with van der Waals surface area (Å²) in [6.45, 7) is 11.3. The fraction of sp³-hybridized carbons (Fsp3) is 0.500. The molecule has 44 heavy (non-hydrogen) atoms. The number of carboxylic acids is 1. The van der Waals surface area contributed by atoms with Crippen molar-refractivity contribution in [2.45, 2.75) is 38.3 Å². The molecular formula is C34H42N4O6+2. The molecule has 8 rings (SSSR count). The molecule has 2 aromatic rings. The maximum Gasteiger partial charge on any atom is 0.352 e. The molecule has 5 atom stereocenters. The number of aliphatic carboxylic acids is 1. The summed E-state index contributed by atoms with van der Waals surface area (Å²) in [5.74, 6) is -1.58. The minimum atomic E-state index is -1.15. The third-order valence-electron chi connectivity index (χ3n) is 11.5. The van der Waals surface area contributed by atoms with E-state index in [9.17, 15) is 24.6 Å². The molecule has 0 radical (unpaired) electrons. The second-order valence-corrected chi connectivity index (χ2v) is 13.7. The van der Waals surface area contributed by atoms with E-state index in [1.807, 2.05) is 25.1 Å². The summed E-state index contributed by atoms with van der Waals surface area (Å²) in [6.07, 6.45) is 0.165. The van der Waals surface area contributed by atoms with Crippen LogP contribution in [0.25, 0.3) is 11.1 Å². The van der Waals surface area contributed by atoms with Crippen molar-refractivity contribution in [2.24, 2.45) is 17.6 Å². The standard InChI is InChI=1S/C34H40N4O6/c1-20-26(32(34(42)43)36-31(20)29(21(2)39)33(36)41)19-44-27-9-5-8-25-23(22-6-3-4-7-24(22)30(25)27)10-11-37-12-15-38(16-13-37,17-14-37)18-28(35)40/h3-9,20-21,23,29,31,39H,10-19H2,1-2H3,(H-2,35,40,42,43)/p+2/t20-,21?,23?,29?,31?,37?,38?/m0/s1. The van der Waals surface area contributed by atoms with E-state index >= 15 is 0 Å². The number of primary amides is 1. The molecule has 4 unspecified atom stereocenters. The van der Waals surface area contributed by atoms with Crippen LogP contribution in [0.2, 0.25) is 0 Å². The van der Waals surface area contributed by atoms with Gasteiger partial charge in [0.05, 0.1) is 24.6 Å². The predicted octanol–water partition coefficient (Wildman–Crippen LogP) is 1.91. The van der Waals surface area contributed by atoms with Crippen LogP contribution < -0.4 is 10.5 Å². The number of rotatable bonds is 10. The molecule has 6 aliphatic rings. The molecule has 5 aliphatic heterocycles. The Morgan fingerprint density at radius 1 is 1.02 bits per heavy atom. The Morgan fingerprint density at radius 2 is 1.68 bits per heavy atom. The first kappa shape index (κ1) is 29.0. The van der Waals surface area contributed by atoms with Crippen molar-refractivity contribution in [2.75, 3.05) is 59.0 Å². The monoisotopic (exact) mass is 602 g/mol. The second kappa shape index (κ2) is 10.4. The minimum absolute atomic E-state index is 0.00860. The number of aliphatic hydroxyl groups excluding tert-OH is 1. The largest absolute Gasteiger partial charge is 0.488 e. The maximum atomic E-state index is 12.8. The number of hydrogen-bond donors (Lipinski definition) is 3. The number of nitrogens with zero attached hydrogens (tertiary/aromatic N) is 3. The van der Waals surface area contributed by atoms with Crippen LogP contribution in [0.15, 0.2) is 53.7 Å². The number of piperazine rings is 3. The van der Waals surface area contributed by atoms with Crippen molar-refractivity contribution in [1.82, 2.24) is 4.90 Å². The third-order valence-corrected chi connectivity index (χ3v) is 11.5. The van der Waals surface area contributed by atoms with Gasteiger partial charge in [0, 0.05) is 29.4 Å². The number of benzene rings is 2. The van der Waals surface area contributed by atoms with E-state index in [1.165, 1.54) is 16.0 Å². The van der Waals surface area contributed by atoms with Crippen molar-refractivity contribution < 1.29 is 38.3 Å². The molecular weight excluding hydrogens is 560 g/mol. The first-order valence-corrected chi connectivity index (χ1v) is 15.9. The number of nitrogens with two attached hydrogens (primary N) is 1. The van der Waals surface area contributed by atoms with Crippen LogP contribution in [-0.2, 0) is 14.4 Å². The molecule has 0 aromatic heterocycles. The number of amides is 2. The quantitative estimate of drug-likeness (QED) is 0.282. The van der Waals surface area contributed by atoms with Gasteiger partial charge in [0.15, 0.2) is 6.54 Å². The highest BCUT2D eigenvalue weighted by atomic mass is 16.5. The Labute approximate surface area is 257 Å². The number of carboxylic acid groups (broad SMARTS) is 1. The smallest absolute Gasteiger partial charge is 0.352 e. The summed E-state index contributed by atoms with van der Waals surface area (Å²) in [5, 5.41) is 20.2. The molecule has 0 saturated carbocycles. The molecule has 4 fully saturated rings. The highest BCUT2D eigenvalue weighted by Gasteiger charge is 2.60. The number of fused-ring (bicyclic) bond motifs is 7. The summed E-state index contributed by atoms with van der Waals surface area (Å²) in [7, 11) is 0. The molecule has 10 heteroatoms. The zero-order valence-electron chi connectivity index (χ0n) is 25.4. The molecule has 0 spiro atoms. The third kappa shape index (κ3) is 4.37. The lowest BCUT2D eigenvalue weighted by molar-refractivity contribution is -1.08. The van der Waals surface area contributed by atoms with Gasteiger partial charge < -0.3 is 34.5 Å². The lowest BCUT2D eigenvalue weighted by Crippen LogP contribution is -2.76. The average Bonchev–Trinajstić information content (AvgIpc) is 3.45. The van der Waals surface area contributed by atoms with Gasteiger partial charge in [-0.15, -0.1) is 0 Å². The zero-order chi connectivity index (χ0) is 31.0. The van der Waals surface area contributed by atoms with E-state index in [2.05, 4.69) is 24.3 Å².